The number of amides is 3. The Hall–Kier alpha value is -2.14. The molecule has 0 aliphatic carbocycles. The number of hydrogen-bond acceptors (Lipinski definition) is 3. The smallest absolute Gasteiger partial charge is 0.319 e. The van der Waals surface area contributed by atoms with Gasteiger partial charge in [0, 0.05) is 4.88 Å². The van der Waals surface area contributed by atoms with Crippen LogP contribution in [0.25, 0.3) is 0 Å². The largest absolute Gasteiger partial charge is 0.325 e. The number of hydrogen-bond donors (Lipinski definition) is 1. The van der Waals surface area contributed by atoms with Gasteiger partial charge in [-0.3, -0.25) is 9.69 Å². The Morgan fingerprint density at radius 3 is 2.71 bits per heavy atom. The lowest BCUT2D eigenvalue weighted by Gasteiger charge is -2.20. The van der Waals surface area contributed by atoms with E-state index in [-0.39, 0.29) is 11.9 Å². The van der Waals surface area contributed by atoms with E-state index in [1.807, 2.05) is 48.7 Å². The number of imide groups is 1. The Morgan fingerprint density at radius 2 is 2.05 bits per heavy atom. The number of urea groups is 1. The summed E-state index contributed by atoms with van der Waals surface area (Å²) >= 11 is 1.47. The minimum atomic E-state index is -0.949. The number of rotatable bonds is 3. The molecular weight excluding hydrogens is 284 g/mol. The van der Waals surface area contributed by atoms with Crippen LogP contribution in [0.4, 0.5) is 4.79 Å². The molecule has 1 aliphatic rings. The van der Waals surface area contributed by atoms with Gasteiger partial charge in [-0.2, -0.15) is 0 Å². The predicted molar refractivity (Wildman–Crippen MR) is 81.9 cm³/mol. The third kappa shape index (κ3) is 2.34. The van der Waals surface area contributed by atoms with E-state index in [2.05, 4.69) is 5.32 Å². The molecular formula is C16H16N2O2S. The van der Waals surface area contributed by atoms with Crippen molar-refractivity contribution in [3.05, 3.63) is 57.8 Å². The molecule has 1 atom stereocenters. The van der Waals surface area contributed by atoms with Crippen LogP contribution >= 0.6 is 11.3 Å². The summed E-state index contributed by atoms with van der Waals surface area (Å²) in [5, 5.41) is 4.72. The summed E-state index contributed by atoms with van der Waals surface area (Å²) in [5.74, 6) is -0.198. The summed E-state index contributed by atoms with van der Waals surface area (Å²) in [7, 11) is 0. The molecule has 5 heteroatoms. The number of benzene rings is 1. The highest BCUT2D eigenvalue weighted by molar-refractivity contribution is 7.10. The van der Waals surface area contributed by atoms with E-state index in [1.54, 1.807) is 6.92 Å². The molecule has 0 radical (unpaired) electrons. The first-order valence-electron chi connectivity index (χ1n) is 6.74. The second-order valence-corrected chi connectivity index (χ2v) is 6.36. The number of carbonyl (C=O) groups is 2. The van der Waals surface area contributed by atoms with Crippen LogP contribution in [-0.2, 0) is 16.9 Å². The normalized spacial score (nSPS) is 21.7. The van der Waals surface area contributed by atoms with Crippen LogP contribution in [0.1, 0.15) is 22.9 Å². The van der Waals surface area contributed by atoms with E-state index in [4.69, 9.17) is 0 Å². The molecule has 1 fully saturated rings. The van der Waals surface area contributed by atoms with E-state index >= 15 is 0 Å². The van der Waals surface area contributed by atoms with Gasteiger partial charge >= 0.3 is 6.03 Å². The molecule has 4 nitrogen and oxygen atoms in total. The molecule has 1 unspecified atom stereocenters. The van der Waals surface area contributed by atoms with E-state index < -0.39 is 5.54 Å². The van der Waals surface area contributed by atoms with Crippen LogP contribution in [0.15, 0.2) is 41.8 Å². The van der Waals surface area contributed by atoms with E-state index in [0.717, 1.165) is 16.0 Å². The number of aryl methyl sites for hydroxylation is 1. The minimum Gasteiger partial charge on any atom is -0.319 e. The van der Waals surface area contributed by atoms with Crippen LogP contribution in [0, 0.1) is 6.92 Å². The topological polar surface area (TPSA) is 49.4 Å². The van der Waals surface area contributed by atoms with Crippen molar-refractivity contribution in [1.29, 1.82) is 0 Å². The third-order valence-corrected chi connectivity index (χ3v) is 4.80. The van der Waals surface area contributed by atoms with Gasteiger partial charge in [-0.25, -0.2) is 4.79 Å². The van der Waals surface area contributed by atoms with Gasteiger partial charge in [0.05, 0.1) is 6.54 Å². The summed E-state index contributed by atoms with van der Waals surface area (Å²) in [6.45, 7) is 4.05. The van der Waals surface area contributed by atoms with Crippen LogP contribution in [0.5, 0.6) is 0 Å². The standard InChI is InChI=1S/C16H16N2O2S/c1-11-5-3-6-12(9-11)10-18-14(19)16(2,17-15(18)20)13-7-4-8-21-13/h3-9H,10H2,1-2H3,(H,17,20). The lowest BCUT2D eigenvalue weighted by molar-refractivity contribution is -0.131. The molecule has 2 aromatic rings. The van der Waals surface area contributed by atoms with Gasteiger partial charge in [-0.15, -0.1) is 11.3 Å². The number of thiophene rings is 1. The summed E-state index contributed by atoms with van der Waals surface area (Å²) in [6, 6.07) is 11.3. The van der Waals surface area contributed by atoms with Crippen molar-refractivity contribution < 1.29 is 9.59 Å². The monoisotopic (exact) mass is 300 g/mol. The molecule has 1 aliphatic heterocycles. The molecule has 0 saturated carbocycles. The molecule has 2 heterocycles. The summed E-state index contributed by atoms with van der Waals surface area (Å²) < 4.78 is 0. The lowest BCUT2D eigenvalue weighted by atomic mass is 10.0. The Labute approximate surface area is 127 Å². The minimum absolute atomic E-state index is 0.198. The lowest BCUT2D eigenvalue weighted by Crippen LogP contribution is -2.40. The maximum Gasteiger partial charge on any atom is 0.325 e. The summed E-state index contributed by atoms with van der Waals surface area (Å²) in [4.78, 5) is 27.0. The molecule has 1 aromatic heterocycles. The van der Waals surface area contributed by atoms with Crippen molar-refractivity contribution in [1.82, 2.24) is 10.2 Å². The first-order chi connectivity index (χ1) is 10.0. The van der Waals surface area contributed by atoms with Crippen LogP contribution < -0.4 is 5.32 Å². The molecule has 1 aromatic carbocycles. The highest BCUT2D eigenvalue weighted by atomic mass is 32.1. The van der Waals surface area contributed by atoms with Gasteiger partial charge in [0.15, 0.2) is 5.54 Å². The highest BCUT2D eigenvalue weighted by Crippen LogP contribution is 2.32. The maximum absolute atomic E-state index is 12.7. The predicted octanol–water partition coefficient (Wildman–Crippen LogP) is 3.02. The van der Waals surface area contributed by atoms with Crippen molar-refractivity contribution in [2.75, 3.05) is 0 Å². The van der Waals surface area contributed by atoms with E-state index in [1.165, 1.54) is 16.2 Å². The first kappa shape index (κ1) is 13.8. The molecule has 1 saturated heterocycles. The number of carbonyl (C=O) groups excluding carboxylic acids is 2. The third-order valence-electron chi connectivity index (χ3n) is 3.71. The maximum atomic E-state index is 12.7. The van der Waals surface area contributed by atoms with Gasteiger partial charge in [-0.05, 0) is 30.9 Å². The van der Waals surface area contributed by atoms with Gasteiger partial charge < -0.3 is 5.32 Å². The fourth-order valence-electron chi connectivity index (χ4n) is 2.56. The van der Waals surface area contributed by atoms with Gasteiger partial charge in [0.1, 0.15) is 0 Å². The van der Waals surface area contributed by atoms with Gasteiger partial charge in [0.2, 0.25) is 0 Å². The molecule has 3 amide bonds. The van der Waals surface area contributed by atoms with Crippen molar-refractivity contribution in [2.45, 2.75) is 25.9 Å². The molecule has 3 rings (SSSR count). The zero-order valence-corrected chi connectivity index (χ0v) is 12.7. The van der Waals surface area contributed by atoms with Crippen molar-refractivity contribution in [2.24, 2.45) is 0 Å². The van der Waals surface area contributed by atoms with E-state index in [0.29, 0.717) is 6.54 Å². The fourth-order valence-corrected chi connectivity index (χ4v) is 3.40. The Bertz CT molecular complexity index is 696. The molecule has 108 valence electrons. The summed E-state index contributed by atoms with van der Waals surface area (Å²) in [6.07, 6.45) is 0. The van der Waals surface area contributed by atoms with Crippen molar-refractivity contribution in [3.8, 4) is 0 Å². The average molecular weight is 300 g/mol. The second kappa shape index (κ2) is 5.00. The zero-order chi connectivity index (χ0) is 15.0. The zero-order valence-electron chi connectivity index (χ0n) is 11.9. The quantitative estimate of drug-likeness (QED) is 0.886. The van der Waals surface area contributed by atoms with Crippen molar-refractivity contribution >= 4 is 23.3 Å². The van der Waals surface area contributed by atoms with Gasteiger partial charge in [0.25, 0.3) is 5.91 Å². The molecule has 1 N–H and O–H groups in total. The van der Waals surface area contributed by atoms with Crippen molar-refractivity contribution in [3.63, 3.8) is 0 Å². The Morgan fingerprint density at radius 1 is 1.24 bits per heavy atom. The number of nitrogens with zero attached hydrogens (tertiary/aromatic N) is 1. The number of nitrogens with one attached hydrogen (secondary N) is 1. The van der Waals surface area contributed by atoms with Crippen LogP contribution in [0.2, 0.25) is 0 Å². The molecule has 0 bridgehead atoms. The summed E-state index contributed by atoms with van der Waals surface area (Å²) in [5.41, 5.74) is 1.12. The van der Waals surface area contributed by atoms with Crippen LogP contribution in [0.3, 0.4) is 0 Å². The highest BCUT2D eigenvalue weighted by Gasteiger charge is 2.49. The van der Waals surface area contributed by atoms with E-state index in [9.17, 15) is 9.59 Å². The second-order valence-electron chi connectivity index (χ2n) is 5.41. The molecule has 21 heavy (non-hydrogen) atoms. The first-order valence-corrected chi connectivity index (χ1v) is 7.62. The fraction of sp³-hybridized carbons (Fsp3) is 0.250. The molecule has 0 spiro atoms. The van der Waals surface area contributed by atoms with Gasteiger partial charge in [-0.1, -0.05) is 35.9 Å². The van der Waals surface area contributed by atoms with Crippen LogP contribution in [-0.4, -0.2) is 16.8 Å². The Balaban J connectivity index is 1.88. The Kier molecular flexibility index (Phi) is 3.29. The average Bonchev–Trinajstić information content (AvgIpc) is 3.04. The SMILES string of the molecule is Cc1cccc(CN2C(=O)NC(C)(c3cccs3)C2=O)c1.